The Balaban J connectivity index is 1.59. The molecule has 0 spiro atoms. The number of fused-ring (bicyclic) bond motifs is 7. The molecule has 4 fully saturated rings. The summed E-state index contributed by atoms with van der Waals surface area (Å²) in [6.07, 6.45) is 9.84. The van der Waals surface area contributed by atoms with Crippen LogP contribution in [-0.4, -0.2) is 28.1 Å². The highest BCUT2D eigenvalue weighted by molar-refractivity contribution is 5.85. The fourth-order valence-corrected chi connectivity index (χ4v) is 10.5. The van der Waals surface area contributed by atoms with E-state index in [2.05, 4.69) is 47.6 Å². The Kier molecular flexibility index (Phi) is 5.04. The third kappa shape index (κ3) is 2.75. The largest absolute Gasteiger partial charge is 0.481 e. The third-order valence-corrected chi connectivity index (χ3v) is 13.2. The lowest BCUT2D eigenvalue weighted by molar-refractivity contribution is -0.193. The first-order chi connectivity index (χ1) is 15.6. The summed E-state index contributed by atoms with van der Waals surface area (Å²) in [5.41, 5.74) is 0.360. The van der Waals surface area contributed by atoms with E-state index < -0.39 is 17.5 Å². The zero-order valence-corrected chi connectivity index (χ0v) is 22.5. The molecule has 5 aliphatic rings. The smallest absolute Gasteiger partial charge is 0.309 e. The highest BCUT2D eigenvalue weighted by Crippen LogP contribution is 2.75. The molecule has 0 bridgehead atoms. The first kappa shape index (κ1) is 24.5. The van der Waals surface area contributed by atoms with Gasteiger partial charge in [0.25, 0.3) is 0 Å². The summed E-state index contributed by atoms with van der Waals surface area (Å²) >= 11 is 0. The molecule has 5 rings (SSSR count). The molecule has 0 saturated heterocycles. The van der Waals surface area contributed by atoms with Gasteiger partial charge in [-0.25, -0.2) is 0 Å². The first-order valence-electron chi connectivity index (χ1n) is 13.7. The number of rotatable bonds is 1. The monoisotopic (exact) mass is 470 g/mol. The molecule has 0 aromatic heterocycles. The minimum atomic E-state index is -0.877. The molecule has 0 unspecified atom stereocenters. The van der Waals surface area contributed by atoms with Crippen molar-refractivity contribution < 1.29 is 19.8 Å². The number of carbonyl (C=O) groups is 2. The van der Waals surface area contributed by atoms with E-state index in [1.54, 1.807) is 0 Å². The summed E-state index contributed by atoms with van der Waals surface area (Å²) in [4.78, 5) is 25.2. The molecule has 0 heterocycles. The van der Waals surface area contributed by atoms with E-state index in [0.29, 0.717) is 36.9 Å². The maximum atomic E-state index is 12.9. The van der Waals surface area contributed by atoms with Crippen LogP contribution in [0.5, 0.6) is 0 Å². The van der Waals surface area contributed by atoms with Crippen molar-refractivity contribution in [1.82, 2.24) is 0 Å². The maximum absolute atomic E-state index is 12.9. The predicted molar refractivity (Wildman–Crippen MR) is 133 cm³/mol. The van der Waals surface area contributed by atoms with Crippen molar-refractivity contribution >= 4 is 11.8 Å². The van der Waals surface area contributed by atoms with E-state index in [9.17, 15) is 19.8 Å². The van der Waals surface area contributed by atoms with Crippen molar-refractivity contribution in [2.24, 2.45) is 50.2 Å². The van der Waals surface area contributed by atoms with Crippen LogP contribution in [-0.2, 0) is 9.59 Å². The van der Waals surface area contributed by atoms with Gasteiger partial charge in [-0.1, -0.05) is 53.2 Å². The van der Waals surface area contributed by atoms with Crippen LogP contribution in [0.2, 0.25) is 0 Å². The van der Waals surface area contributed by atoms with Crippen molar-refractivity contribution in [3.63, 3.8) is 0 Å². The molecule has 0 aromatic rings. The Hall–Kier alpha value is -1.16. The molecular weight excluding hydrogens is 424 g/mol. The van der Waals surface area contributed by atoms with Crippen LogP contribution < -0.4 is 0 Å². The normalized spacial score (nSPS) is 54.1. The van der Waals surface area contributed by atoms with Crippen LogP contribution in [0.15, 0.2) is 11.6 Å². The number of hydrogen-bond acceptors (Lipinski definition) is 3. The van der Waals surface area contributed by atoms with Gasteiger partial charge in [0, 0.05) is 17.3 Å². The zero-order valence-electron chi connectivity index (χ0n) is 22.5. The fourth-order valence-electron chi connectivity index (χ4n) is 10.5. The van der Waals surface area contributed by atoms with Gasteiger partial charge in [-0.2, -0.15) is 0 Å². The average molecular weight is 471 g/mol. The minimum Gasteiger partial charge on any atom is -0.481 e. The molecule has 34 heavy (non-hydrogen) atoms. The average Bonchev–Trinajstić information content (AvgIpc) is 2.73. The highest BCUT2D eigenvalue weighted by atomic mass is 16.4. The van der Waals surface area contributed by atoms with Crippen molar-refractivity contribution in [1.29, 1.82) is 0 Å². The second-order valence-corrected chi connectivity index (χ2v) is 14.8. The number of carbonyl (C=O) groups excluding carboxylic acids is 1. The minimum absolute atomic E-state index is 0.0101. The summed E-state index contributed by atoms with van der Waals surface area (Å²) in [6, 6.07) is 0. The number of allylic oxidation sites excluding steroid dienone is 2. The van der Waals surface area contributed by atoms with E-state index in [-0.39, 0.29) is 33.0 Å². The van der Waals surface area contributed by atoms with E-state index in [1.165, 1.54) is 5.57 Å². The molecule has 0 aromatic carbocycles. The number of aliphatic hydroxyl groups is 1. The Bertz CT molecular complexity index is 965. The van der Waals surface area contributed by atoms with Crippen LogP contribution in [0, 0.1) is 50.2 Å². The highest BCUT2D eigenvalue weighted by Gasteiger charge is 2.69. The second-order valence-electron chi connectivity index (χ2n) is 14.8. The molecule has 190 valence electrons. The standard InChI is InChI=1S/C30H46O4/c1-25(2)20-10-13-30(7)21(28(20,5)12-11-22(25)31)9-8-18-19-16-26(3,24(33)34)17-23(32)27(19,4)14-15-29(18,30)6/h8,19-21,23,32H,9-17H2,1-7H3,(H,33,34)/t19-,20-,21+,23+,26-,27+,28-,29+,30+/m0/s1. The van der Waals surface area contributed by atoms with Gasteiger partial charge < -0.3 is 10.2 Å². The van der Waals surface area contributed by atoms with Gasteiger partial charge in [-0.15, -0.1) is 0 Å². The van der Waals surface area contributed by atoms with Crippen LogP contribution in [0.3, 0.4) is 0 Å². The summed E-state index contributed by atoms with van der Waals surface area (Å²) in [6.45, 7) is 15.9. The van der Waals surface area contributed by atoms with E-state index >= 15 is 0 Å². The van der Waals surface area contributed by atoms with Gasteiger partial charge in [-0.05, 0) is 92.3 Å². The number of carboxylic acid groups (broad SMARTS) is 1. The lowest BCUT2D eigenvalue weighted by Gasteiger charge is -2.71. The van der Waals surface area contributed by atoms with E-state index in [0.717, 1.165) is 38.5 Å². The number of aliphatic carboxylic acids is 1. The van der Waals surface area contributed by atoms with Gasteiger partial charge >= 0.3 is 5.97 Å². The number of ketones is 1. The fraction of sp³-hybridized carbons (Fsp3) is 0.867. The second kappa shape index (κ2) is 6.99. The lowest BCUT2D eigenvalue weighted by atomic mass is 9.33. The molecule has 9 atom stereocenters. The predicted octanol–water partition coefficient (Wildman–Crippen LogP) is 6.41. The Morgan fingerprint density at radius 1 is 0.912 bits per heavy atom. The molecule has 0 amide bonds. The lowest BCUT2D eigenvalue weighted by Crippen LogP contribution is -2.65. The van der Waals surface area contributed by atoms with Crippen molar-refractivity contribution in [3.8, 4) is 0 Å². The van der Waals surface area contributed by atoms with Crippen molar-refractivity contribution in [2.75, 3.05) is 0 Å². The zero-order chi connectivity index (χ0) is 25.1. The van der Waals surface area contributed by atoms with Gasteiger partial charge in [0.05, 0.1) is 11.5 Å². The molecule has 2 N–H and O–H groups in total. The maximum Gasteiger partial charge on any atom is 0.309 e. The van der Waals surface area contributed by atoms with Gasteiger partial charge in [-0.3, -0.25) is 9.59 Å². The number of carboxylic acids is 1. The number of Topliss-reactive ketones (excluding diaryl/α,β-unsaturated/α-hetero) is 1. The first-order valence-corrected chi connectivity index (χ1v) is 13.7. The number of hydrogen-bond donors (Lipinski definition) is 2. The van der Waals surface area contributed by atoms with Crippen molar-refractivity contribution in [2.45, 2.75) is 112 Å². The van der Waals surface area contributed by atoms with Crippen LogP contribution in [0.4, 0.5) is 0 Å². The topological polar surface area (TPSA) is 74.6 Å². The summed E-state index contributed by atoms with van der Waals surface area (Å²) in [5.74, 6) is 0.740. The SMILES string of the molecule is CC1(C)C(=O)CC[C@]2(C)[C@H]3CC=C4[C@@H]5C[C@](C)(C(=O)O)C[C@@H](O)[C@]5(C)CC[C@@]4(C)[C@]3(C)CC[C@@H]12. The number of aliphatic hydroxyl groups excluding tert-OH is 1. The summed E-state index contributed by atoms with van der Waals surface area (Å²) < 4.78 is 0. The third-order valence-electron chi connectivity index (χ3n) is 13.2. The molecule has 0 radical (unpaired) electrons. The molecule has 4 heteroatoms. The van der Waals surface area contributed by atoms with Crippen molar-refractivity contribution in [3.05, 3.63) is 11.6 Å². The Labute approximate surface area is 206 Å². The summed E-state index contributed by atoms with van der Waals surface area (Å²) in [7, 11) is 0. The quantitative estimate of drug-likeness (QED) is 0.434. The van der Waals surface area contributed by atoms with E-state index in [1.807, 2.05) is 6.92 Å². The molecule has 0 aliphatic heterocycles. The Morgan fingerprint density at radius 3 is 2.24 bits per heavy atom. The Morgan fingerprint density at radius 2 is 1.59 bits per heavy atom. The molecule has 5 aliphatic carbocycles. The van der Waals surface area contributed by atoms with Gasteiger partial charge in [0.2, 0.25) is 0 Å². The van der Waals surface area contributed by atoms with Gasteiger partial charge in [0.1, 0.15) is 5.78 Å². The van der Waals surface area contributed by atoms with Crippen LogP contribution in [0.1, 0.15) is 106 Å². The van der Waals surface area contributed by atoms with E-state index in [4.69, 9.17) is 0 Å². The molecular formula is C30H46O4. The summed E-state index contributed by atoms with van der Waals surface area (Å²) in [5, 5.41) is 21.3. The van der Waals surface area contributed by atoms with Crippen LogP contribution in [0.25, 0.3) is 0 Å². The van der Waals surface area contributed by atoms with Crippen LogP contribution >= 0.6 is 0 Å². The molecule has 4 saturated carbocycles. The van der Waals surface area contributed by atoms with Gasteiger partial charge in [0.15, 0.2) is 0 Å². The molecule has 4 nitrogen and oxygen atoms in total.